The Hall–Kier alpha value is -0.120. The van der Waals surface area contributed by atoms with Crippen LogP contribution in [-0.2, 0) is 0 Å². The van der Waals surface area contributed by atoms with Crippen molar-refractivity contribution >= 4 is 0 Å². The molecule has 0 amide bonds. The van der Waals surface area contributed by atoms with Crippen LogP contribution in [0.25, 0.3) is 0 Å². The van der Waals surface area contributed by atoms with E-state index in [1.807, 2.05) is 0 Å². The van der Waals surface area contributed by atoms with Crippen LogP contribution in [0.4, 0.5) is 0 Å². The van der Waals surface area contributed by atoms with E-state index in [2.05, 4.69) is 36.1 Å². The van der Waals surface area contributed by atoms with Gasteiger partial charge in [0.15, 0.2) is 0 Å². The highest BCUT2D eigenvalue weighted by atomic mass is 15.2. The third kappa shape index (κ3) is 7.02. The van der Waals surface area contributed by atoms with Crippen molar-refractivity contribution in [3.05, 3.63) is 0 Å². The molecule has 0 aromatic carbocycles. The van der Waals surface area contributed by atoms with Crippen LogP contribution in [0, 0.1) is 5.92 Å². The maximum Gasteiger partial charge on any atom is 0.0109 e. The molecule has 1 saturated heterocycles. The van der Waals surface area contributed by atoms with Gasteiger partial charge in [0.05, 0.1) is 0 Å². The summed E-state index contributed by atoms with van der Waals surface area (Å²) in [5.41, 5.74) is 0. The molecule has 102 valence electrons. The highest BCUT2D eigenvalue weighted by Crippen LogP contribution is 2.14. The summed E-state index contributed by atoms with van der Waals surface area (Å²) < 4.78 is 0. The van der Waals surface area contributed by atoms with Gasteiger partial charge in [0.2, 0.25) is 0 Å². The van der Waals surface area contributed by atoms with Gasteiger partial charge in [-0.1, -0.05) is 6.92 Å². The molecular weight excluding hydrogens is 210 g/mol. The summed E-state index contributed by atoms with van der Waals surface area (Å²) in [7, 11) is 4.32. The van der Waals surface area contributed by atoms with Gasteiger partial charge in [-0.2, -0.15) is 0 Å². The number of nitrogens with zero attached hydrogens (tertiary/aromatic N) is 2. The summed E-state index contributed by atoms with van der Waals surface area (Å²) in [5.74, 6) is 0.951. The monoisotopic (exact) mass is 241 g/mol. The van der Waals surface area contributed by atoms with Crippen LogP contribution in [0.2, 0.25) is 0 Å². The molecule has 1 aliphatic heterocycles. The molecule has 1 rings (SSSR count). The normalized spacial score (nSPS) is 20.6. The van der Waals surface area contributed by atoms with E-state index in [4.69, 9.17) is 0 Å². The molecule has 0 aromatic rings. The van der Waals surface area contributed by atoms with E-state index in [0.29, 0.717) is 0 Å². The van der Waals surface area contributed by atoms with Gasteiger partial charge in [0.1, 0.15) is 0 Å². The molecule has 17 heavy (non-hydrogen) atoms. The minimum absolute atomic E-state index is 0.951. The van der Waals surface area contributed by atoms with E-state index < -0.39 is 0 Å². The Morgan fingerprint density at radius 1 is 1.12 bits per heavy atom. The average molecular weight is 241 g/mol. The number of rotatable bonds is 9. The lowest BCUT2D eigenvalue weighted by Gasteiger charge is -2.24. The van der Waals surface area contributed by atoms with Crippen molar-refractivity contribution < 1.29 is 0 Å². The largest absolute Gasteiger partial charge is 0.316 e. The number of hydrogen-bond donors (Lipinski definition) is 1. The van der Waals surface area contributed by atoms with Crippen LogP contribution < -0.4 is 5.32 Å². The molecule has 1 N–H and O–H groups in total. The predicted molar refractivity (Wildman–Crippen MR) is 75.5 cm³/mol. The number of likely N-dealkylation sites (N-methyl/N-ethyl adjacent to an activating group) is 1. The van der Waals surface area contributed by atoms with Crippen LogP contribution in [-0.4, -0.2) is 63.2 Å². The molecule has 0 aliphatic carbocycles. The molecule has 1 heterocycles. The van der Waals surface area contributed by atoms with Crippen LogP contribution in [0.3, 0.4) is 0 Å². The van der Waals surface area contributed by atoms with Crippen molar-refractivity contribution in [1.82, 2.24) is 15.1 Å². The Balaban J connectivity index is 2.09. The molecule has 0 radical (unpaired) electrons. The van der Waals surface area contributed by atoms with Crippen LogP contribution in [0.1, 0.15) is 32.6 Å². The molecule has 0 saturated carbocycles. The topological polar surface area (TPSA) is 18.5 Å². The van der Waals surface area contributed by atoms with Crippen LogP contribution in [0.5, 0.6) is 0 Å². The second kappa shape index (κ2) is 8.90. The quantitative estimate of drug-likeness (QED) is 0.662. The first kappa shape index (κ1) is 14.9. The average Bonchev–Trinajstić information content (AvgIpc) is 2.78. The molecule has 1 fully saturated rings. The van der Waals surface area contributed by atoms with Gasteiger partial charge in [-0.25, -0.2) is 0 Å². The van der Waals surface area contributed by atoms with Crippen molar-refractivity contribution in [3.8, 4) is 0 Å². The molecule has 3 heteroatoms. The fourth-order valence-electron chi connectivity index (χ4n) is 2.56. The molecular formula is C14H31N3. The van der Waals surface area contributed by atoms with Gasteiger partial charge in [-0.3, -0.25) is 0 Å². The van der Waals surface area contributed by atoms with Gasteiger partial charge in [0.25, 0.3) is 0 Å². The molecule has 1 aliphatic rings. The van der Waals surface area contributed by atoms with E-state index >= 15 is 0 Å². The van der Waals surface area contributed by atoms with Crippen molar-refractivity contribution in [1.29, 1.82) is 0 Å². The first-order valence-electron chi connectivity index (χ1n) is 7.30. The zero-order valence-electron chi connectivity index (χ0n) is 12.0. The zero-order chi connectivity index (χ0) is 12.5. The van der Waals surface area contributed by atoms with E-state index in [1.165, 1.54) is 65.0 Å². The summed E-state index contributed by atoms with van der Waals surface area (Å²) in [4.78, 5) is 4.91. The van der Waals surface area contributed by atoms with Crippen molar-refractivity contribution in [3.63, 3.8) is 0 Å². The fourth-order valence-corrected chi connectivity index (χ4v) is 2.56. The summed E-state index contributed by atoms with van der Waals surface area (Å²) in [6.45, 7) is 9.74. The SMILES string of the molecule is CCCN(CCCC1CCNC1)CCN(C)C. The first-order valence-corrected chi connectivity index (χ1v) is 7.30. The van der Waals surface area contributed by atoms with Crippen molar-refractivity contribution in [2.45, 2.75) is 32.6 Å². The fraction of sp³-hybridized carbons (Fsp3) is 1.00. The van der Waals surface area contributed by atoms with E-state index in [1.54, 1.807) is 0 Å². The molecule has 1 atom stereocenters. The maximum absolute atomic E-state index is 3.46. The lowest BCUT2D eigenvalue weighted by Crippen LogP contribution is -2.33. The van der Waals surface area contributed by atoms with Crippen LogP contribution in [0.15, 0.2) is 0 Å². The minimum atomic E-state index is 0.951. The Bertz CT molecular complexity index is 176. The van der Waals surface area contributed by atoms with Gasteiger partial charge in [-0.15, -0.1) is 0 Å². The minimum Gasteiger partial charge on any atom is -0.316 e. The number of hydrogen-bond acceptors (Lipinski definition) is 3. The second-order valence-electron chi connectivity index (χ2n) is 5.65. The van der Waals surface area contributed by atoms with Gasteiger partial charge in [0, 0.05) is 13.1 Å². The Kier molecular flexibility index (Phi) is 7.82. The van der Waals surface area contributed by atoms with E-state index in [0.717, 1.165) is 5.92 Å². The first-order chi connectivity index (χ1) is 8.22. The highest BCUT2D eigenvalue weighted by molar-refractivity contribution is 4.71. The summed E-state index contributed by atoms with van der Waals surface area (Å²) in [6, 6.07) is 0. The standard InChI is InChI=1S/C14H31N3/c1-4-9-17(12-11-16(2)3)10-5-6-14-7-8-15-13-14/h14-15H,4-13H2,1-3H3. The maximum atomic E-state index is 3.46. The van der Waals surface area contributed by atoms with E-state index in [9.17, 15) is 0 Å². The Labute approximate surface area is 108 Å². The van der Waals surface area contributed by atoms with Crippen LogP contribution >= 0.6 is 0 Å². The third-order valence-corrected chi connectivity index (χ3v) is 3.65. The molecule has 0 aromatic heterocycles. The van der Waals surface area contributed by atoms with Crippen molar-refractivity contribution in [2.24, 2.45) is 5.92 Å². The highest BCUT2D eigenvalue weighted by Gasteiger charge is 2.14. The Morgan fingerprint density at radius 2 is 1.94 bits per heavy atom. The summed E-state index contributed by atoms with van der Waals surface area (Å²) >= 11 is 0. The van der Waals surface area contributed by atoms with Crippen molar-refractivity contribution in [2.75, 3.05) is 53.4 Å². The second-order valence-corrected chi connectivity index (χ2v) is 5.65. The Morgan fingerprint density at radius 3 is 2.53 bits per heavy atom. The molecule has 1 unspecified atom stereocenters. The summed E-state index contributed by atoms with van der Waals surface area (Å²) in [5, 5.41) is 3.46. The summed E-state index contributed by atoms with van der Waals surface area (Å²) in [6.07, 6.45) is 5.46. The molecule has 0 bridgehead atoms. The predicted octanol–water partition coefficient (Wildman–Crippen LogP) is 1.65. The van der Waals surface area contributed by atoms with E-state index in [-0.39, 0.29) is 0 Å². The smallest absolute Gasteiger partial charge is 0.0109 e. The van der Waals surface area contributed by atoms with Gasteiger partial charge in [-0.05, 0) is 71.9 Å². The van der Waals surface area contributed by atoms with Gasteiger partial charge < -0.3 is 15.1 Å². The van der Waals surface area contributed by atoms with Gasteiger partial charge >= 0.3 is 0 Å². The molecule has 3 nitrogen and oxygen atoms in total. The third-order valence-electron chi connectivity index (χ3n) is 3.65. The zero-order valence-corrected chi connectivity index (χ0v) is 12.0. The number of nitrogens with one attached hydrogen (secondary N) is 1. The lowest BCUT2D eigenvalue weighted by molar-refractivity contribution is 0.233. The molecule has 0 spiro atoms. The lowest BCUT2D eigenvalue weighted by atomic mass is 10.0.